The fourth-order valence-electron chi connectivity index (χ4n) is 13.1. The fraction of sp³-hybridized carbons (Fsp3) is 0.883. The molecule has 0 saturated carbocycles. The third-order valence-corrected chi connectivity index (χ3v) is 19.4. The predicted molar refractivity (Wildman–Crippen MR) is 379 cm³/mol. The van der Waals surface area contributed by atoms with Crippen molar-refractivity contribution in [2.75, 3.05) is 26.4 Å². The smallest absolute Gasteiger partial charge is 0.220 e. The minimum atomic E-state index is -1.98. The number of allylic oxidation sites excluding steroid dienone is 7. The summed E-state index contributed by atoms with van der Waals surface area (Å²) in [6.07, 6.45) is 45.1. The largest absolute Gasteiger partial charge is 0.394 e. The van der Waals surface area contributed by atoms with Crippen molar-refractivity contribution in [2.24, 2.45) is 0 Å². The molecule has 0 aromatic heterocycles. The van der Waals surface area contributed by atoms with E-state index in [-0.39, 0.29) is 18.9 Å². The van der Waals surface area contributed by atoms with E-state index in [4.69, 9.17) is 28.4 Å². The molecule has 3 heterocycles. The van der Waals surface area contributed by atoms with E-state index in [0.717, 1.165) is 70.6 Å². The number of aliphatic hydroxyl groups is 11. The van der Waals surface area contributed by atoms with Crippen LogP contribution in [0.15, 0.2) is 48.6 Å². The van der Waals surface area contributed by atoms with E-state index in [1.54, 1.807) is 6.08 Å². The van der Waals surface area contributed by atoms with Gasteiger partial charge >= 0.3 is 0 Å². The van der Waals surface area contributed by atoms with E-state index in [2.05, 4.69) is 55.6 Å². The lowest BCUT2D eigenvalue weighted by Crippen LogP contribution is -2.66. The number of ether oxygens (including phenoxy) is 6. The number of hydrogen-bond acceptors (Lipinski definition) is 18. The van der Waals surface area contributed by atoms with Gasteiger partial charge in [0.1, 0.15) is 73.2 Å². The van der Waals surface area contributed by atoms with E-state index in [1.165, 1.54) is 205 Å². The van der Waals surface area contributed by atoms with Crippen LogP contribution >= 0.6 is 0 Å². The minimum absolute atomic E-state index is 0.238. The van der Waals surface area contributed by atoms with E-state index in [9.17, 15) is 61.0 Å². The second-order valence-corrected chi connectivity index (χ2v) is 27.8. The third kappa shape index (κ3) is 38.7. The molecule has 17 atom stereocenters. The maximum absolute atomic E-state index is 13.5. The lowest BCUT2D eigenvalue weighted by atomic mass is 9.96. The van der Waals surface area contributed by atoms with Crippen LogP contribution in [-0.4, -0.2) is 193 Å². The zero-order chi connectivity index (χ0) is 69.6. The van der Waals surface area contributed by atoms with Crippen molar-refractivity contribution >= 4 is 5.91 Å². The number of rotatable bonds is 61. The monoisotopic (exact) mass is 1370 g/mol. The predicted octanol–water partition coefficient (Wildman–Crippen LogP) is 12.1. The Balaban J connectivity index is 1.40. The van der Waals surface area contributed by atoms with Gasteiger partial charge in [-0.1, -0.05) is 287 Å². The number of carbonyl (C=O) groups excluding carboxylic acids is 1. The number of unbranched alkanes of at least 4 members (excludes halogenated alkanes) is 39. The molecule has 17 unspecified atom stereocenters. The average molecular weight is 1370 g/mol. The van der Waals surface area contributed by atoms with Crippen LogP contribution in [0.5, 0.6) is 0 Å². The Kier molecular flexibility index (Phi) is 53.4. The standard InChI is InChI=1S/C77H141NO18/c1-3-5-7-9-11-13-15-17-19-21-23-25-27-29-31-32-34-36-38-40-42-44-46-48-50-52-54-61(82)60(78-65(83)55-53-51-49-47-45-43-41-39-37-35-33-30-28-26-24-22-20-18-16-14-12-10-8-6-4-2)59-91-75-71(89)68(86)73(63(57-80)93-75)96-77-72(90)69(87)74(64(58-81)94-77)95-76-70(88)67(85)66(84)62(56-79)92-76/h16,18,22,24,28,30,52,54,60-64,66-77,79-82,84-90H,3-15,17,19-21,23,25-27,29,31-51,53,55-59H2,1-2H3,(H,78,83)/b18-16-,24-22-,30-28-,54-52+. The van der Waals surface area contributed by atoms with Crippen LogP contribution in [0.2, 0.25) is 0 Å². The molecule has 19 nitrogen and oxygen atoms in total. The zero-order valence-corrected chi connectivity index (χ0v) is 59.9. The van der Waals surface area contributed by atoms with Gasteiger partial charge in [-0.3, -0.25) is 4.79 Å². The second-order valence-electron chi connectivity index (χ2n) is 27.8. The molecule has 0 aromatic carbocycles. The molecule has 0 radical (unpaired) electrons. The van der Waals surface area contributed by atoms with Crippen molar-refractivity contribution in [1.29, 1.82) is 0 Å². The van der Waals surface area contributed by atoms with Gasteiger partial charge in [-0.05, 0) is 57.8 Å². The molecule has 0 spiro atoms. The maximum Gasteiger partial charge on any atom is 0.220 e. The summed E-state index contributed by atoms with van der Waals surface area (Å²) in [7, 11) is 0. The Morgan fingerprint density at radius 1 is 0.375 bits per heavy atom. The van der Waals surface area contributed by atoms with Crippen LogP contribution in [0.25, 0.3) is 0 Å². The molecule has 3 rings (SSSR count). The molecule has 19 heteroatoms. The van der Waals surface area contributed by atoms with Crippen molar-refractivity contribution in [3.63, 3.8) is 0 Å². The van der Waals surface area contributed by atoms with Crippen molar-refractivity contribution in [2.45, 2.75) is 407 Å². The third-order valence-electron chi connectivity index (χ3n) is 19.4. The van der Waals surface area contributed by atoms with Crippen LogP contribution in [0.1, 0.15) is 303 Å². The number of aliphatic hydroxyl groups excluding tert-OH is 11. The Hall–Kier alpha value is -2.25. The quantitative estimate of drug-likeness (QED) is 0.0199. The number of amides is 1. The van der Waals surface area contributed by atoms with Gasteiger partial charge in [-0.25, -0.2) is 0 Å². The van der Waals surface area contributed by atoms with Gasteiger partial charge in [0.2, 0.25) is 5.91 Å². The normalized spacial score (nSPS) is 27.3. The first-order valence-corrected chi connectivity index (χ1v) is 38.9. The molecule has 562 valence electrons. The van der Waals surface area contributed by atoms with Crippen LogP contribution in [-0.2, 0) is 33.2 Å². The summed E-state index contributed by atoms with van der Waals surface area (Å²) < 4.78 is 34.4. The van der Waals surface area contributed by atoms with Gasteiger partial charge in [0.15, 0.2) is 18.9 Å². The molecule has 12 N–H and O–H groups in total. The Morgan fingerprint density at radius 2 is 0.688 bits per heavy atom. The fourth-order valence-corrected chi connectivity index (χ4v) is 13.1. The highest BCUT2D eigenvalue weighted by atomic mass is 16.8. The summed E-state index contributed by atoms with van der Waals surface area (Å²) in [5.74, 6) is -0.277. The molecule has 96 heavy (non-hydrogen) atoms. The first-order valence-electron chi connectivity index (χ1n) is 38.9. The molecule has 3 fully saturated rings. The van der Waals surface area contributed by atoms with Gasteiger partial charge in [0.25, 0.3) is 0 Å². The molecule has 0 aliphatic carbocycles. The molecule has 0 aromatic rings. The highest BCUT2D eigenvalue weighted by molar-refractivity contribution is 5.76. The summed E-state index contributed by atoms with van der Waals surface area (Å²) in [4.78, 5) is 13.5. The van der Waals surface area contributed by atoms with Gasteiger partial charge in [0, 0.05) is 6.42 Å². The van der Waals surface area contributed by atoms with E-state index < -0.39 is 124 Å². The highest BCUT2D eigenvalue weighted by Gasteiger charge is 2.53. The van der Waals surface area contributed by atoms with Crippen molar-refractivity contribution in [1.82, 2.24) is 5.32 Å². The summed E-state index contributed by atoms with van der Waals surface area (Å²) in [5.41, 5.74) is 0. The lowest BCUT2D eigenvalue weighted by Gasteiger charge is -2.48. The van der Waals surface area contributed by atoms with Gasteiger partial charge < -0.3 is 89.9 Å². The van der Waals surface area contributed by atoms with Crippen LogP contribution in [0.3, 0.4) is 0 Å². The highest BCUT2D eigenvalue weighted by Crippen LogP contribution is 2.33. The van der Waals surface area contributed by atoms with E-state index in [0.29, 0.717) is 6.42 Å². The minimum Gasteiger partial charge on any atom is -0.394 e. The van der Waals surface area contributed by atoms with E-state index in [1.807, 2.05) is 6.08 Å². The Bertz CT molecular complexity index is 1930. The van der Waals surface area contributed by atoms with Crippen molar-refractivity contribution in [3.8, 4) is 0 Å². The van der Waals surface area contributed by atoms with E-state index >= 15 is 0 Å². The van der Waals surface area contributed by atoms with Crippen molar-refractivity contribution < 1.29 is 89.4 Å². The Labute approximate surface area is 580 Å². The van der Waals surface area contributed by atoms with Crippen molar-refractivity contribution in [3.05, 3.63) is 48.6 Å². The Morgan fingerprint density at radius 3 is 1.07 bits per heavy atom. The molecular formula is C77H141NO18. The summed E-state index contributed by atoms with van der Waals surface area (Å²) >= 11 is 0. The zero-order valence-electron chi connectivity index (χ0n) is 59.9. The molecule has 1 amide bonds. The first-order chi connectivity index (χ1) is 46.8. The first kappa shape index (κ1) is 88.0. The number of carbonyl (C=O) groups is 1. The molecule has 3 saturated heterocycles. The molecule has 3 aliphatic heterocycles. The summed E-state index contributed by atoms with van der Waals surface area (Å²) in [5, 5.41) is 121. The topological polar surface area (TPSA) is 307 Å². The van der Waals surface area contributed by atoms with Gasteiger partial charge in [0.05, 0.1) is 38.6 Å². The van der Waals surface area contributed by atoms with Crippen LogP contribution < -0.4 is 5.32 Å². The SMILES string of the molecule is CCCCCCC/C=C\C/C=C\C/C=C\CCCCCCCCCCCCC(=O)NC(COC1OC(CO)C(OC2OC(CO)C(OC3OC(CO)C(O)C(O)C3O)C(O)C2O)C(O)C1O)C(O)/C=C/CCCCCCCCCCCCCCCCCCCCCCCCCC. The summed E-state index contributed by atoms with van der Waals surface area (Å²) in [6.45, 7) is 1.76. The maximum atomic E-state index is 13.5. The van der Waals surface area contributed by atoms with Crippen LogP contribution in [0.4, 0.5) is 0 Å². The molecule has 0 bridgehead atoms. The second kappa shape index (κ2) is 58.3. The summed E-state index contributed by atoms with van der Waals surface area (Å²) in [6, 6.07) is -0.978. The van der Waals surface area contributed by atoms with Gasteiger partial charge in [-0.2, -0.15) is 0 Å². The number of nitrogens with one attached hydrogen (secondary N) is 1. The van der Waals surface area contributed by atoms with Gasteiger partial charge in [-0.15, -0.1) is 0 Å². The lowest BCUT2D eigenvalue weighted by molar-refractivity contribution is -0.379. The number of hydrogen-bond donors (Lipinski definition) is 12. The molecular weight excluding hydrogens is 1230 g/mol. The van der Waals surface area contributed by atoms with Crippen LogP contribution in [0, 0.1) is 0 Å². The molecule has 3 aliphatic rings. The average Bonchev–Trinajstić information content (AvgIpc) is 0.788.